The second kappa shape index (κ2) is 22.7. The third kappa shape index (κ3) is 9.22. The molecule has 0 saturated heterocycles. The van der Waals surface area contributed by atoms with Crippen molar-refractivity contribution in [2.75, 3.05) is 9.80 Å². The number of rotatable bonds is 8. The monoisotopic (exact) mass is 1310 g/mol. The average Bonchev–Trinajstić information content (AvgIpc) is 1.35. The van der Waals surface area contributed by atoms with E-state index < -0.39 is 5.41 Å². The van der Waals surface area contributed by atoms with E-state index in [-0.39, 0.29) is 23.0 Å². The molecule has 3 aliphatic rings. The van der Waals surface area contributed by atoms with Crippen LogP contribution in [0.2, 0.25) is 0 Å². The van der Waals surface area contributed by atoms with Crippen LogP contribution in [0.1, 0.15) is 101 Å². The minimum atomic E-state index is -0.623. The zero-order valence-corrected chi connectivity index (χ0v) is 59.3. The van der Waals surface area contributed by atoms with Crippen molar-refractivity contribution in [3.63, 3.8) is 0 Å². The standard InChI is InChI=1S/C97H78BN3O/c1-94(2,3)66-46-52-82(76(56-66)61-29-14-10-15-30-61)100-84-51-45-63(70-40-28-41-74-72-38-24-27-44-89(72)102-93(70)74)55-80(84)98-79-50-48-69(60-86(79)101(88-59-68(96(7,8)9)58-87(100)92(88)98)83-53-47-67(95(4,5)6)57-77(83)62-31-16-11-17-32-62)99-81-43-26-23-39-75(81)90-85(99)54-49-73-71-37-22-25-42-78(71)97(91(73)90,64-33-18-12-19-34-64)65-35-20-13-21-36-65/h10-60H,1-9H3. The van der Waals surface area contributed by atoms with E-state index in [0.717, 1.165) is 78.2 Å². The Morgan fingerprint density at radius 1 is 0.324 bits per heavy atom. The molecule has 2 aliphatic heterocycles. The minimum absolute atomic E-state index is 0.104. The van der Waals surface area contributed by atoms with Crippen LogP contribution in [0.15, 0.2) is 314 Å². The molecule has 0 bridgehead atoms. The van der Waals surface area contributed by atoms with Gasteiger partial charge in [0.25, 0.3) is 6.71 Å². The first-order valence-corrected chi connectivity index (χ1v) is 36.2. The van der Waals surface area contributed by atoms with Gasteiger partial charge in [-0.25, -0.2) is 0 Å². The second-order valence-corrected chi connectivity index (χ2v) is 31.5. The molecular formula is C97H78BN3O. The number of hydrogen-bond acceptors (Lipinski definition) is 3. The van der Waals surface area contributed by atoms with E-state index in [4.69, 9.17) is 4.42 Å². The van der Waals surface area contributed by atoms with Gasteiger partial charge in [-0.15, -0.1) is 0 Å². The highest BCUT2D eigenvalue weighted by Gasteiger charge is 2.49. The topological polar surface area (TPSA) is 24.6 Å². The molecule has 1 aliphatic carbocycles. The van der Waals surface area contributed by atoms with Crippen LogP contribution in [0.4, 0.5) is 34.1 Å². The summed E-state index contributed by atoms with van der Waals surface area (Å²) < 4.78 is 9.52. The van der Waals surface area contributed by atoms with Crippen molar-refractivity contribution in [2.45, 2.75) is 84.0 Å². The molecule has 490 valence electrons. The number of fused-ring (bicyclic) bond motifs is 14. The molecule has 0 unspecified atom stereocenters. The fraction of sp³-hybridized carbons (Fsp3) is 0.134. The fourth-order valence-corrected chi connectivity index (χ4v) is 17.6. The van der Waals surface area contributed by atoms with E-state index in [9.17, 15) is 0 Å². The first-order valence-electron chi connectivity index (χ1n) is 36.2. The van der Waals surface area contributed by atoms with Crippen molar-refractivity contribution in [3.05, 3.63) is 348 Å². The first-order chi connectivity index (χ1) is 49.5. The van der Waals surface area contributed by atoms with Crippen LogP contribution in [-0.4, -0.2) is 11.3 Å². The Morgan fingerprint density at radius 2 is 0.853 bits per heavy atom. The zero-order chi connectivity index (χ0) is 69.1. The van der Waals surface area contributed by atoms with E-state index in [1.807, 2.05) is 0 Å². The number of furan rings is 1. The zero-order valence-electron chi connectivity index (χ0n) is 59.3. The maximum Gasteiger partial charge on any atom is 0.252 e. The van der Waals surface area contributed by atoms with Gasteiger partial charge in [0.1, 0.15) is 11.2 Å². The molecule has 102 heavy (non-hydrogen) atoms. The van der Waals surface area contributed by atoms with Crippen LogP contribution in [0.25, 0.3) is 93.9 Å². The fourth-order valence-electron chi connectivity index (χ4n) is 17.6. The molecule has 14 aromatic carbocycles. The molecular weight excluding hydrogens is 1230 g/mol. The van der Waals surface area contributed by atoms with Gasteiger partial charge in [0.05, 0.1) is 27.8 Å². The maximum atomic E-state index is 6.94. The molecule has 16 aromatic rings. The summed E-state index contributed by atoms with van der Waals surface area (Å²) in [6, 6.07) is 117. The minimum Gasteiger partial charge on any atom is -0.455 e. The lowest BCUT2D eigenvalue weighted by atomic mass is 9.33. The van der Waals surface area contributed by atoms with Crippen LogP contribution in [0.5, 0.6) is 0 Å². The van der Waals surface area contributed by atoms with Crippen molar-refractivity contribution in [3.8, 4) is 50.2 Å². The number of anilines is 6. The Hall–Kier alpha value is -11.7. The maximum absolute atomic E-state index is 6.94. The van der Waals surface area contributed by atoms with Gasteiger partial charge in [0, 0.05) is 66.7 Å². The van der Waals surface area contributed by atoms with Gasteiger partial charge >= 0.3 is 0 Å². The molecule has 4 heterocycles. The van der Waals surface area contributed by atoms with Crippen molar-refractivity contribution in [1.82, 2.24) is 4.57 Å². The second-order valence-electron chi connectivity index (χ2n) is 31.5. The van der Waals surface area contributed by atoms with Gasteiger partial charge in [-0.3, -0.25) is 0 Å². The molecule has 0 amide bonds. The highest BCUT2D eigenvalue weighted by atomic mass is 16.3. The van der Waals surface area contributed by atoms with Crippen molar-refractivity contribution >= 4 is 101 Å². The summed E-state index contributed by atoms with van der Waals surface area (Å²) in [6.07, 6.45) is 0. The summed E-state index contributed by atoms with van der Waals surface area (Å²) in [5.74, 6) is 0. The Labute approximate surface area is 598 Å². The molecule has 2 aromatic heterocycles. The summed E-state index contributed by atoms with van der Waals surface area (Å²) in [6.45, 7) is 20.9. The number of hydrogen-bond donors (Lipinski definition) is 0. The Kier molecular flexibility index (Phi) is 13.7. The lowest BCUT2D eigenvalue weighted by Crippen LogP contribution is -2.61. The highest BCUT2D eigenvalue weighted by molar-refractivity contribution is 7.00. The quantitative estimate of drug-likeness (QED) is 0.142. The lowest BCUT2D eigenvalue weighted by Gasteiger charge is -2.46. The molecule has 0 spiro atoms. The van der Waals surface area contributed by atoms with Crippen molar-refractivity contribution < 1.29 is 4.42 Å². The van der Waals surface area contributed by atoms with E-state index in [0.29, 0.717) is 0 Å². The van der Waals surface area contributed by atoms with Gasteiger partial charge < -0.3 is 18.8 Å². The molecule has 0 atom stereocenters. The molecule has 19 rings (SSSR count). The van der Waals surface area contributed by atoms with Gasteiger partial charge in [-0.05, 0) is 172 Å². The lowest BCUT2D eigenvalue weighted by molar-refractivity contribution is 0.590. The summed E-state index contributed by atoms with van der Waals surface area (Å²) in [5.41, 5.74) is 33.0. The van der Waals surface area contributed by atoms with Crippen LogP contribution in [0.3, 0.4) is 0 Å². The van der Waals surface area contributed by atoms with Gasteiger partial charge in [-0.1, -0.05) is 299 Å². The third-order valence-corrected chi connectivity index (χ3v) is 22.5. The predicted octanol–water partition coefficient (Wildman–Crippen LogP) is 24.0. The molecule has 0 N–H and O–H groups in total. The van der Waals surface area contributed by atoms with E-state index >= 15 is 0 Å². The normalized spacial score (nSPS) is 13.8. The van der Waals surface area contributed by atoms with Crippen LogP contribution < -0.4 is 26.2 Å². The van der Waals surface area contributed by atoms with Crippen molar-refractivity contribution in [1.29, 1.82) is 0 Å². The average molecular weight is 1310 g/mol. The smallest absolute Gasteiger partial charge is 0.252 e. The molecule has 0 radical (unpaired) electrons. The van der Waals surface area contributed by atoms with Crippen molar-refractivity contribution in [2.24, 2.45) is 0 Å². The predicted molar refractivity (Wildman–Crippen MR) is 432 cm³/mol. The first kappa shape index (κ1) is 61.4. The van der Waals surface area contributed by atoms with E-state index in [1.165, 1.54) is 105 Å². The number of nitrogens with zero attached hydrogens (tertiary/aromatic N) is 3. The van der Waals surface area contributed by atoms with Crippen LogP contribution >= 0.6 is 0 Å². The van der Waals surface area contributed by atoms with Gasteiger partial charge in [0.15, 0.2) is 0 Å². The number of para-hydroxylation sites is 3. The largest absolute Gasteiger partial charge is 0.455 e. The summed E-state index contributed by atoms with van der Waals surface area (Å²) in [7, 11) is 0. The Bertz CT molecular complexity index is 6040. The molecule has 5 heteroatoms. The summed E-state index contributed by atoms with van der Waals surface area (Å²) >= 11 is 0. The van der Waals surface area contributed by atoms with Crippen LogP contribution in [-0.2, 0) is 21.7 Å². The molecule has 4 nitrogen and oxygen atoms in total. The third-order valence-electron chi connectivity index (χ3n) is 22.5. The van der Waals surface area contributed by atoms with Gasteiger partial charge in [-0.2, -0.15) is 0 Å². The van der Waals surface area contributed by atoms with Crippen LogP contribution in [0, 0.1) is 0 Å². The number of benzene rings is 14. The Balaban J connectivity index is 0.941. The van der Waals surface area contributed by atoms with E-state index in [1.54, 1.807) is 0 Å². The SMILES string of the molecule is CC(C)(C)c1ccc(N2c3ccc(-c4cccc5c4oc4ccccc45)cc3B3c4ccc(-n5c6ccccc6c6c7c(ccc65)-c5ccccc5C7(c5ccccc5)c5ccccc5)cc4N(c4ccc(C(C)(C)C)cc4-c4ccccc4)c4cc(C(C)(C)C)cc2c43)c(-c2ccccc2)c1. The Morgan fingerprint density at radius 3 is 1.48 bits per heavy atom. The van der Waals surface area contributed by atoms with Gasteiger partial charge in [0.2, 0.25) is 0 Å². The number of aromatic nitrogens is 1. The van der Waals surface area contributed by atoms with E-state index in [2.05, 4.69) is 386 Å². The highest BCUT2D eigenvalue weighted by Crippen LogP contribution is 2.60. The summed E-state index contributed by atoms with van der Waals surface area (Å²) in [5, 5.41) is 4.70. The summed E-state index contributed by atoms with van der Waals surface area (Å²) in [4.78, 5) is 5.32. The molecule has 0 saturated carbocycles. The molecule has 0 fully saturated rings.